The average Bonchev–Trinajstić information content (AvgIpc) is 2.38. The predicted octanol–water partition coefficient (Wildman–Crippen LogP) is 2.51. The molecule has 1 aromatic heterocycles. The van der Waals surface area contributed by atoms with Crippen molar-refractivity contribution >= 4 is 11.3 Å². The Kier molecular flexibility index (Phi) is 1.61. The minimum absolute atomic E-state index is 0.331. The van der Waals surface area contributed by atoms with Gasteiger partial charge in [0.15, 0.2) is 0 Å². The van der Waals surface area contributed by atoms with Crippen LogP contribution in [0.25, 0.3) is 0 Å². The molecule has 0 saturated heterocycles. The van der Waals surface area contributed by atoms with Crippen molar-refractivity contribution in [1.29, 1.82) is 0 Å². The first-order valence-electron chi connectivity index (χ1n) is 4.35. The van der Waals surface area contributed by atoms with Crippen LogP contribution in [0.3, 0.4) is 0 Å². The predicted molar refractivity (Wildman–Crippen MR) is 53.6 cm³/mol. The molecule has 0 spiro atoms. The summed E-state index contributed by atoms with van der Waals surface area (Å²) in [6.07, 6.45) is 0. The summed E-state index contributed by atoms with van der Waals surface area (Å²) in [7, 11) is 0. The van der Waals surface area contributed by atoms with E-state index in [0.717, 1.165) is 0 Å². The fourth-order valence-electron chi connectivity index (χ4n) is 1.84. The molecular formula is C10H15NS. The molecule has 2 unspecified atom stereocenters. The molecule has 2 rings (SSSR count). The first-order valence-corrected chi connectivity index (χ1v) is 5.17. The Morgan fingerprint density at radius 1 is 1.42 bits per heavy atom. The summed E-state index contributed by atoms with van der Waals surface area (Å²) in [6.45, 7) is 6.64. The third-order valence-corrected chi connectivity index (χ3v) is 4.06. The van der Waals surface area contributed by atoms with Crippen LogP contribution in [0.4, 0.5) is 0 Å². The molecule has 2 atom stereocenters. The number of hydrogen-bond donors (Lipinski definition) is 1. The van der Waals surface area contributed by atoms with E-state index in [-0.39, 0.29) is 0 Å². The highest BCUT2D eigenvalue weighted by Crippen LogP contribution is 2.58. The summed E-state index contributed by atoms with van der Waals surface area (Å²) in [4.78, 5) is 2.85. The van der Waals surface area contributed by atoms with Crippen molar-refractivity contribution in [1.82, 2.24) is 0 Å². The second-order valence-corrected chi connectivity index (χ2v) is 5.59. The van der Waals surface area contributed by atoms with E-state index in [1.165, 1.54) is 9.75 Å². The second-order valence-electron chi connectivity index (χ2n) is 4.27. The number of aryl methyl sites for hydroxylation is 1. The third-order valence-electron chi connectivity index (χ3n) is 2.98. The molecule has 2 heteroatoms. The molecule has 1 fully saturated rings. The maximum atomic E-state index is 5.99. The fraction of sp³-hybridized carbons (Fsp3) is 0.600. The van der Waals surface area contributed by atoms with Crippen LogP contribution in [-0.2, 0) is 0 Å². The molecule has 1 aliphatic rings. The highest BCUT2D eigenvalue weighted by Gasteiger charge is 2.56. The lowest BCUT2D eigenvalue weighted by molar-refractivity contribution is 0.601. The van der Waals surface area contributed by atoms with E-state index in [4.69, 9.17) is 5.73 Å². The van der Waals surface area contributed by atoms with Crippen molar-refractivity contribution in [3.05, 3.63) is 21.9 Å². The number of thiophene rings is 1. The van der Waals surface area contributed by atoms with E-state index >= 15 is 0 Å². The standard InChI is InChI=1S/C10H15NS/c1-6-4-5-7(12-6)8-9(11)10(8,2)3/h4-5,8-9H,11H2,1-3H3. The SMILES string of the molecule is Cc1ccc(C2C(N)C2(C)C)s1. The largest absolute Gasteiger partial charge is 0.327 e. The molecular weight excluding hydrogens is 166 g/mol. The van der Waals surface area contributed by atoms with Gasteiger partial charge in [-0.25, -0.2) is 0 Å². The zero-order valence-corrected chi connectivity index (χ0v) is 8.61. The topological polar surface area (TPSA) is 26.0 Å². The van der Waals surface area contributed by atoms with Gasteiger partial charge in [0.2, 0.25) is 0 Å². The van der Waals surface area contributed by atoms with Crippen molar-refractivity contribution < 1.29 is 0 Å². The number of rotatable bonds is 1. The minimum atomic E-state index is 0.331. The summed E-state index contributed by atoms with van der Waals surface area (Å²) < 4.78 is 0. The summed E-state index contributed by atoms with van der Waals surface area (Å²) >= 11 is 1.88. The Morgan fingerprint density at radius 2 is 2.00 bits per heavy atom. The zero-order chi connectivity index (χ0) is 8.93. The molecule has 2 N–H and O–H groups in total. The lowest BCUT2D eigenvalue weighted by atomic mass is 10.1. The Morgan fingerprint density at radius 3 is 2.33 bits per heavy atom. The van der Waals surface area contributed by atoms with Crippen molar-refractivity contribution in [3.63, 3.8) is 0 Å². The van der Waals surface area contributed by atoms with Gasteiger partial charge in [-0.2, -0.15) is 0 Å². The molecule has 0 amide bonds. The number of nitrogens with two attached hydrogens (primary N) is 1. The molecule has 1 saturated carbocycles. The molecule has 0 bridgehead atoms. The summed E-state index contributed by atoms with van der Waals surface area (Å²) in [6, 6.07) is 4.77. The van der Waals surface area contributed by atoms with E-state index in [1.807, 2.05) is 11.3 Å². The number of hydrogen-bond acceptors (Lipinski definition) is 2. The summed E-state index contributed by atoms with van der Waals surface area (Å²) in [5, 5.41) is 0. The van der Waals surface area contributed by atoms with Crippen LogP contribution >= 0.6 is 11.3 Å². The van der Waals surface area contributed by atoms with Gasteiger partial charge < -0.3 is 5.73 Å². The van der Waals surface area contributed by atoms with E-state index in [1.54, 1.807) is 0 Å². The van der Waals surface area contributed by atoms with Gasteiger partial charge in [0.05, 0.1) is 0 Å². The van der Waals surface area contributed by atoms with Crippen molar-refractivity contribution in [2.24, 2.45) is 11.1 Å². The van der Waals surface area contributed by atoms with Crippen LogP contribution < -0.4 is 5.73 Å². The molecule has 1 heterocycles. The van der Waals surface area contributed by atoms with Gasteiger partial charge in [0, 0.05) is 21.7 Å². The fourth-order valence-corrected chi connectivity index (χ4v) is 3.06. The normalized spacial score (nSPS) is 32.0. The summed E-state index contributed by atoms with van der Waals surface area (Å²) in [5.74, 6) is 0.608. The van der Waals surface area contributed by atoms with E-state index < -0.39 is 0 Å². The quantitative estimate of drug-likeness (QED) is 0.708. The minimum Gasteiger partial charge on any atom is -0.327 e. The van der Waals surface area contributed by atoms with Crippen molar-refractivity contribution in [3.8, 4) is 0 Å². The maximum Gasteiger partial charge on any atom is 0.0180 e. The van der Waals surface area contributed by atoms with Crippen LogP contribution in [0, 0.1) is 12.3 Å². The zero-order valence-electron chi connectivity index (χ0n) is 7.79. The molecule has 66 valence electrons. The van der Waals surface area contributed by atoms with Gasteiger partial charge >= 0.3 is 0 Å². The van der Waals surface area contributed by atoms with Gasteiger partial charge in [0.25, 0.3) is 0 Å². The highest BCUT2D eigenvalue weighted by atomic mass is 32.1. The molecule has 0 aromatic carbocycles. The van der Waals surface area contributed by atoms with Crippen molar-refractivity contribution in [2.75, 3.05) is 0 Å². The lowest BCUT2D eigenvalue weighted by Crippen LogP contribution is -2.06. The lowest BCUT2D eigenvalue weighted by Gasteiger charge is -1.97. The van der Waals surface area contributed by atoms with E-state index in [0.29, 0.717) is 17.4 Å². The van der Waals surface area contributed by atoms with Crippen LogP contribution in [0.5, 0.6) is 0 Å². The van der Waals surface area contributed by atoms with Gasteiger partial charge in [0.1, 0.15) is 0 Å². The molecule has 12 heavy (non-hydrogen) atoms. The van der Waals surface area contributed by atoms with E-state index in [2.05, 4.69) is 32.9 Å². The third kappa shape index (κ3) is 1.02. The first kappa shape index (κ1) is 8.27. The van der Waals surface area contributed by atoms with Gasteiger partial charge in [-0.05, 0) is 24.5 Å². The second kappa shape index (κ2) is 2.33. The molecule has 0 aliphatic heterocycles. The Balaban J connectivity index is 2.24. The van der Waals surface area contributed by atoms with Crippen molar-refractivity contribution in [2.45, 2.75) is 32.7 Å². The first-order chi connectivity index (χ1) is 5.53. The molecule has 1 nitrogen and oxygen atoms in total. The van der Waals surface area contributed by atoms with Gasteiger partial charge in [-0.1, -0.05) is 13.8 Å². The summed E-state index contributed by atoms with van der Waals surface area (Å²) in [5.41, 5.74) is 6.32. The molecule has 1 aliphatic carbocycles. The van der Waals surface area contributed by atoms with Crippen LogP contribution in [0.15, 0.2) is 12.1 Å². The van der Waals surface area contributed by atoms with Crippen LogP contribution in [0.2, 0.25) is 0 Å². The highest BCUT2D eigenvalue weighted by molar-refractivity contribution is 7.12. The Bertz CT molecular complexity index is 301. The monoisotopic (exact) mass is 181 g/mol. The average molecular weight is 181 g/mol. The van der Waals surface area contributed by atoms with Gasteiger partial charge in [-0.3, -0.25) is 0 Å². The Labute approximate surface area is 77.6 Å². The van der Waals surface area contributed by atoms with Gasteiger partial charge in [-0.15, -0.1) is 11.3 Å². The van der Waals surface area contributed by atoms with E-state index in [9.17, 15) is 0 Å². The van der Waals surface area contributed by atoms with Crippen LogP contribution in [0.1, 0.15) is 29.5 Å². The molecule has 0 radical (unpaired) electrons. The Hall–Kier alpha value is -0.340. The maximum absolute atomic E-state index is 5.99. The smallest absolute Gasteiger partial charge is 0.0180 e. The van der Waals surface area contributed by atoms with Crippen LogP contribution in [-0.4, -0.2) is 6.04 Å². The molecule has 1 aromatic rings.